The Morgan fingerprint density at radius 2 is 2.25 bits per heavy atom. The van der Waals surface area contributed by atoms with E-state index in [-0.39, 0.29) is 0 Å². The third kappa shape index (κ3) is 5.97. The standard InChI is InChI=1S/C6H6N4O2/c7-3-1-2-5(11)4-9-10-6(8)12/h1-2,4H,(H3,8,10,12). The third-order valence-electron chi connectivity index (χ3n) is 0.689. The van der Waals surface area contributed by atoms with Crippen molar-refractivity contribution in [1.82, 2.24) is 5.43 Å². The van der Waals surface area contributed by atoms with Crippen LogP contribution >= 0.6 is 0 Å². The molecule has 0 aliphatic heterocycles. The Labute approximate surface area is 68.3 Å². The second-order valence-corrected chi connectivity index (χ2v) is 1.60. The summed E-state index contributed by atoms with van der Waals surface area (Å²) in [5, 5.41) is 11.2. The molecular formula is C6H6N4O2. The van der Waals surface area contributed by atoms with Gasteiger partial charge in [-0.05, 0) is 6.08 Å². The van der Waals surface area contributed by atoms with Gasteiger partial charge in [0.15, 0.2) is 5.78 Å². The van der Waals surface area contributed by atoms with Crippen LogP contribution in [0.4, 0.5) is 4.79 Å². The summed E-state index contributed by atoms with van der Waals surface area (Å²) >= 11 is 0. The summed E-state index contributed by atoms with van der Waals surface area (Å²) in [5.41, 5.74) is 6.46. The first-order chi connectivity index (χ1) is 5.66. The summed E-state index contributed by atoms with van der Waals surface area (Å²) in [4.78, 5) is 20.6. The lowest BCUT2D eigenvalue weighted by atomic mass is 10.4. The van der Waals surface area contributed by atoms with Gasteiger partial charge in [-0.2, -0.15) is 10.4 Å². The van der Waals surface area contributed by atoms with Crippen molar-refractivity contribution in [3.05, 3.63) is 12.2 Å². The van der Waals surface area contributed by atoms with E-state index >= 15 is 0 Å². The number of hydrogen-bond acceptors (Lipinski definition) is 4. The third-order valence-corrected chi connectivity index (χ3v) is 0.689. The van der Waals surface area contributed by atoms with Crippen molar-refractivity contribution in [1.29, 1.82) is 5.26 Å². The smallest absolute Gasteiger partial charge is 0.332 e. The zero-order chi connectivity index (χ0) is 9.40. The van der Waals surface area contributed by atoms with Gasteiger partial charge in [0.25, 0.3) is 0 Å². The molecule has 0 aromatic rings. The fourth-order valence-corrected chi connectivity index (χ4v) is 0.322. The predicted octanol–water partition coefficient (Wildman–Crippen LogP) is -0.711. The molecular weight excluding hydrogens is 160 g/mol. The molecule has 62 valence electrons. The number of rotatable bonds is 3. The number of hydrazone groups is 1. The summed E-state index contributed by atoms with van der Waals surface area (Å²) in [6, 6.07) is 0.765. The SMILES string of the molecule is N#CC=CC(=O)C=NNC(N)=O. The first-order valence-corrected chi connectivity index (χ1v) is 2.85. The minimum atomic E-state index is -0.858. The molecule has 0 radical (unpaired) electrons. The van der Waals surface area contributed by atoms with Crippen LogP contribution in [0.15, 0.2) is 17.3 Å². The molecule has 0 spiro atoms. The minimum absolute atomic E-state index is 0.509. The van der Waals surface area contributed by atoms with Crippen LogP contribution in [0, 0.1) is 11.3 Å². The van der Waals surface area contributed by atoms with Gasteiger partial charge in [-0.15, -0.1) is 0 Å². The van der Waals surface area contributed by atoms with E-state index < -0.39 is 11.8 Å². The van der Waals surface area contributed by atoms with Crippen molar-refractivity contribution >= 4 is 18.0 Å². The number of nitrogens with zero attached hydrogens (tertiary/aromatic N) is 2. The van der Waals surface area contributed by atoms with E-state index in [9.17, 15) is 9.59 Å². The Morgan fingerprint density at radius 1 is 1.58 bits per heavy atom. The van der Waals surface area contributed by atoms with Crippen LogP contribution in [0.5, 0.6) is 0 Å². The molecule has 0 rings (SSSR count). The number of nitrogens with one attached hydrogen (secondary N) is 1. The van der Waals surface area contributed by atoms with E-state index in [2.05, 4.69) is 10.8 Å². The van der Waals surface area contributed by atoms with Crippen LogP contribution in [0.2, 0.25) is 0 Å². The number of amides is 2. The molecule has 0 bridgehead atoms. The zero-order valence-electron chi connectivity index (χ0n) is 6.02. The summed E-state index contributed by atoms with van der Waals surface area (Å²) in [6.45, 7) is 0. The summed E-state index contributed by atoms with van der Waals surface area (Å²) in [5.74, 6) is -0.509. The molecule has 12 heavy (non-hydrogen) atoms. The Hall–Kier alpha value is -2.16. The monoisotopic (exact) mass is 166 g/mol. The van der Waals surface area contributed by atoms with Crippen LogP contribution in [-0.4, -0.2) is 18.0 Å². The lowest BCUT2D eigenvalue weighted by Gasteiger charge is -1.87. The Morgan fingerprint density at radius 3 is 2.75 bits per heavy atom. The number of urea groups is 1. The van der Waals surface area contributed by atoms with Crippen molar-refractivity contribution in [2.45, 2.75) is 0 Å². The molecule has 0 saturated heterocycles. The average molecular weight is 166 g/mol. The summed E-state index contributed by atoms with van der Waals surface area (Å²) < 4.78 is 0. The number of nitriles is 1. The molecule has 0 aromatic carbocycles. The van der Waals surface area contributed by atoms with E-state index in [4.69, 9.17) is 5.26 Å². The molecule has 6 nitrogen and oxygen atoms in total. The van der Waals surface area contributed by atoms with Crippen molar-refractivity contribution in [3.8, 4) is 6.07 Å². The maximum atomic E-state index is 10.6. The van der Waals surface area contributed by atoms with Gasteiger partial charge in [-0.1, -0.05) is 0 Å². The summed E-state index contributed by atoms with van der Waals surface area (Å²) in [6.07, 6.45) is 2.84. The van der Waals surface area contributed by atoms with Crippen molar-refractivity contribution < 1.29 is 9.59 Å². The van der Waals surface area contributed by atoms with Crippen molar-refractivity contribution in [2.24, 2.45) is 10.8 Å². The first kappa shape index (κ1) is 9.84. The number of allylic oxidation sites excluding steroid dienone is 2. The maximum Gasteiger partial charge on any atom is 0.332 e. The first-order valence-electron chi connectivity index (χ1n) is 2.85. The lowest BCUT2D eigenvalue weighted by molar-refractivity contribution is -0.108. The largest absolute Gasteiger partial charge is 0.350 e. The molecule has 6 heteroatoms. The summed E-state index contributed by atoms with van der Waals surface area (Å²) in [7, 11) is 0. The molecule has 0 unspecified atom stereocenters. The molecule has 3 N–H and O–H groups in total. The molecule has 0 aliphatic carbocycles. The van der Waals surface area contributed by atoms with Crippen LogP contribution in [0.25, 0.3) is 0 Å². The number of carbonyl (C=O) groups excluding carboxylic acids is 2. The van der Waals surface area contributed by atoms with Gasteiger partial charge in [-0.3, -0.25) is 4.79 Å². The molecule has 0 heterocycles. The van der Waals surface area contributed by atoms with E-state index in [1.165, 1.54) is 0 Å². The predicted molar refractivity (Wildman–Crippen MR) is 41.0 cm³/mol. The lowest BCUT2D eigenvalue weighted by Crippen LogP contribution is -2.24. The molecule has 0 aromatic heterocycles. The Kier molecular flexibility index (Phi) is 4.60. The van der Waals surface area contributed by atoms with E-state index in [1.54, 1.807) is 6.07 Å². The van der Waals surface area contributed by atoms with E-state index in [0.29, 0.717) is 0 Å². The van der Waals surface area contributed by atoms with Gasteiger partial charge >= 0.3 is 6.03 Å². The number of carbonyl (C=O) groups is 2. The van der Waals surface area contributed by atoms with E-state index in [1.807, 2.05) is 5.43 Å². The van der Waals surface area contributed by atoms with Crippen LogP contribution in [-0.2, 0) is 4.79 Å². The van der Waals surface area contributed by atoms with Crippen LogP contribution in [0.3, 0.4) is 0 Å². The van der Waals surface area contributed by atoms with Gasteiger partial charge in [-0.25, -0.2) is 10.2 Å². The van der Waals surface area contributed by atoms with Crippen molar-refractivity contribution in [3.63, 3.8) is 0 Å². The second-order valence-electron chi connectivity index (χ2n) is 1.60. The van der Waals surface area contributed by atoms with Gasteiger partial charge in [0.1, 0.15) is 0 Å². The fraction of sp³-hybridized carbons (Fsp3) is 0. The molecule has 0 aliphatic rings. The molecule has 0 saturated carbocycles. The van der Waals surface area contributed by atoms with Crippen LogP contribution < -0.4 is 11.2 Å². The molecule has 0 fully saturated rings. The normalized spacial score (nSPS) is 9.92. The van der Waals surface area contributed by atoms with Crippen LogP contribution in [0.1, 0.15) is 0 Å². The molecule has 2 amide bonds. The highest BCUT2D eigenvalue weighted by atomic mass is 16.2. The van der Waals surface area contributed by atoms with Crippen molar-refractivity contribution in [2.75, 3.05) is 0 Å². The fourth-order valence-electron chi connectivity index (χ4n) is 0.322. The number of primary amides is 1. The second kappa shape index (κ2) is 5.61. The molecule has 0 atom stereocenters. The zero-order valence-corrected chi connectivity index (χ0v) is 6.02. The highest BCUT2D eigenvalue weighted by molar-refractivity contribution is 6.32. The average Bonchev–Trinajstić information content (AvgIpc) is 2.00. The van der Waals surface area contributed by atoms with Gasteiger partial charge in [0.2, 0.25) is 0 Å². The quantitative estimate of drug-likeness (QED) is 0.250. The maximum absolute atomic E-state index is 10.6. The van der Waals surface area contributed by atoms with Gasteiger partial charge in [0.05, 0.1) is 12.3 Å². The Bertz CT molecular complexity index is 274. The van der Waals surface area contributed by atoms with Gasteiger partial charge < -0.3 is 5.73 Å². The Balaban J connectivity index is 3.86. The minimum Gasteiger partial charge on any atom is -0.350 e. The van der Waals surface area contributed by atoms with Gasteiger partial charge in [0, 0.05) is 6.08 Å². The highest BCUT2D eigenvalue weighted by Crippen LogP contribution is 1.71. The number of nitrogens with two attached hydrogens (primary N) is 1. The number of ketones is 1. The van der Waals surface area contributed by atoms with E-state index in [0.717, 1.165) is 18.4 Å². The number of hydrogen-bond donors (Lipinski definition) is 2. The topological polar surface area (TPSA) is 108 Å². The highest BCUT2D eigenvalue weighted by Gasteiger charge is 1.89.